The van der Waals surface area contributed by atoms with Crippen molar-refractivity contribution in [1.29, 1.82) is 0 Å². The van der Waals surface area contributed by atoms with E-state index in [0.717, 1.165) is 33.7 Å². The molecule has 4 aliphatic heterocycles. The van der Waals surface area contributed by atoms with Crippen LogP contribution in [0.25, 0.3) is 10.9 Å². The standard InChI is InChI=1S/C61H80N14O17S/c1-7-30(4)51-57(89)64-24-46(81)67-41-28-93-60-37(36-10-8-9-11-38(36)70-60)21-39(54(86)63-25-47(82)72-51)68-59(91)52(31(5)43(78)27-76)73-56(88)42-20-35(77)26-75(42)61(92)40(69-55(41)87)22-45(80)62-23-33-12-14-34(15-13-33)66-53(85)32(6)65-58(90)50(29(2)3)71-44(79)18-19-74-48(83)16-17-49(74)84/h8-17,29-32,35,39-43,50-52,70,76-78H,7,18-28H2,1-6H3,(H,62,80)(H,63,86)(H,64,89)(H,65,90)(H,66,85)(H,67,81)(H,68,91)(H,69,87)(H,71,79)(H,72,82)(H,73,88)/t30-,31-,32-,35+,39-,40-,41-,42-,43-,50?,51-,52-/m0/s1. The summed E-state index contributed by atoms with van der Waals surface area (Å²) in [4.78, 5) is 197. The Morgan fingerprint density at radius 2 is 1.39 bits per heavy atom. The molecule has 502 valence electrons. The minimum atomic E-state index is -1.84. The van der Waals surface area contributed by atoms with Gasteiger partial charge in [-0.15, -0.1) is 11.8 Å². The highest BCUT2D eigenvalue weighted by Crippen LogP contribution is 2.32. The van der Waals surface area contributed by atoms with E-state index in [4.69, 9.17) is 0 Å². The van der Waals surface area contributed by atoms with Gasteiger partial charge in [-0.3, -0.25) is 72.0 Å². The summed E-state index contributed by atoms with van der Waals surface area (Å²) in [7, 11) is 0. The molecule has 0 saturated carbocycles. The summed E-state index contributed by atoms with van der Waals surface area (Å²) in [5.41, 5.74) is 1.68. The molecule has 1 aromatic heterocycles. The van der Waals surface area contributed by atoms with Crippen molar-refractivity contribution in [2.45, 2.75) is 146 Å². The van der Waals surface area contributed by atoms with Gasteiger partial charge in [0.2, 0.25) is 70.9 Å². The van der Waals surface area contributed by atoms with Crippen molar-refractivity contribution < 1.29 is 82.4 Å². The quantitative estimate of drug-likeness (QED) is 0.0541. The molecule has 7 rings (SSSR count). The van der Waals surface area contributed by atoms with E-state index in [0.29, 0.717) is 33.5 Å². The Labute approximate surface area is 538 Å². The lowest BCUT2D eigenvalue weighted by molar-refractivity contribution is -0.144. The van der Waals surface area contributed by atoms with Crippen LogP contribution in [0.3, 0.4) is 0 Å². The highest BCUT2D eigenvalue weighted by molar-refractivity contribution is 7.99. The molecule has 2 bridgehead atoms. The van der Waals surface area contributed by atoms with Gasteiger partial charge in [-0.05, 0) is 48.1 Å². The Hall–Kier alpha value is -9.27. The number of aromatic amines is 1. The average molecular weight is 1310 g/mol. The van der Waals surface area contributed by atoms with E-state index in [1.807, 2.05) is 0 Å². The summed E-state index contributed by atoms with van der Waals surface area (Å²) in [6.45, 7) is 6.32. The maximum absolute atomic E-state index is 15.0. The molecule has 0 spiro atoms. The van der Waals surface area contributed by atoms with Crippen molar-refractivity contribution in [3.8, 4) is 0 Å². The molecule has 31 nitrogen and oxygen atoms in total. The van der Waals surface area contributed by atoms with Crippen molar-refractivity contribution in [3.05, 3.63) is 71.8 Å². The number of carbonyl (C=O) groups excluding carboxylic acids is 14. The lowest BCUT2D eigenvalue weighted by Crippen LogP contribution is -2.62. The summed E-state index contributed by atoms with van der Waals surface area (Å²) >= 11 is 0.989. The zero-order chi connectivity index (χ0) is 68.0. The van der Waals surface area contributed by atoms with Gasteiger partial charge in [0.15, 0.2) is 0 Å². The summed E-state index contributed by atoms with van der Waals surface area (Å²) in [5.74, 6) is -14.0. The van der Waals surface area contributed by atoms with Crippen LogP contribution in [0.1, 0.15) is 78.4 Å². The number of rotatable bonds is 18. The number of para-hydroxylation sites is 1. The van der Waals surface area contributed by atoms with Gasteiger partial charge in [-0.25, -0.2) is 0 Å². The summed E-state index contributed by atoms with van der Waals surface area (Å²) < 4.78 is 0. The third-order valence-electron chi connectivity index (χ3n) is 16.5. The SMILES string of the molecule is CC[C@H](C)[C@@H]1NC(=O)CNC(=O)[C@@H]2Cc3c([nH]c4ccccc34)SC[C@H](NC(=O)CNC1=O)C(=O)N[C@@H](CC(=O)NCc1ccc(NC(=O)[C@H](C)NC(=O)C(NC(=O)CCN3C(=O)C=CC3=O)C(C)C)cc1)C(=O)N1C[C@H](O)C[C@H]1C(=O)N[C@@H]([C@@H](C)[C@@H](O)CO)C(=O)N2. The van der Waals surface area contributed by atoms with Gasteiger partial charge >= 0.3 is 0 Å². The number of aromatic nitrogens is 1. The van der Waals surface area contributed by atoms with Crippen LogP contribution in [0, 0.1) is 17.8 Å². The van der Waals surface area contributed by atoms with E-state index in [1.54, 1.807) is 64.1 Å². The number of hydrogen-bond donors (Lipinski definition) is 15. The first-order chi connectivity index (χ1) is 44.2. The van der Waals surface area contributed by atoms with E-state index in [2.05, 4.69) is 63.5 Å². The molecule has 1 unspecified atom stereocenters. The van der Waals surface area contributed by atoms with E-state index in [-0.39, 0.29) is 37.4 Å². The molecule has 1 saturated heterocycles. The van der Waals surface area contributed by atoms with Crippen molar-refractivity contribution in [2.24, 2.45) is 17.8 Å². The number of carbonyl (C=O) groups is 14. The van der Waals surface area contributed by atoms with Crippen molar-refractivity contribution >= 4 is 111 Å². The van der Waals surface area contributed by atoms with Crippen LogP contribution in [0.5, 0.6) is 0 Å². The molecule has 32 heteroatoms. The predicted molar refractivity (Wildman–Crippen MR) is 333 cm³/mol. The number of H-pyrrole nitrogens is 1. The fraction of sp³-hybridized carbons (Fsp3) is 0.508. The molecular formula is C61H80N14O17S. The molecule has 2 aromatic carbocycles. The van der Waals surface area contributed by atoms with Gasteiger partial charge in [-0.2, -0.15) is 0 Å². The molecule has 3 aromatic rings. The minimum absolute atomic E-state index is 0.190. The molecule has 1 fully saturated rings. The molecule has 15 N–H and O–H groups in total. The highest BCUT2D eigenvalue weighted by Gasteiger charge is 2.45. The van der Waals surface area contributed by atoms with Gasteiger partial charge < -0.3 is 83.7 Å². The van der Waals surface area contributed by atoms with Crippen LogP contribution in [0.2, 0.25) is 0 Å². The maximum Gasteiger partial charge on any atom is 0.253 e. The number of thioether (sulfide) groups is 1. The van der Waals surface area contributed by atoms with Crippen molar-refractivity contribution in [1.82, 2.24) is 68.0 Å². The Morgan fingerprint density at radius 1 is 0.720 bits per heavy atom. The van der Waals surface area contributed by atoms with Crippen LogP contribution < -0.4 is 58.5 Å². The number of nitrogens with one attached hydrogen (secondary N) is 12. The number of amides is 14. The number of hydrogen-bond acceptors (Lipinski definition) is 18. The Bertz CT molecular complexity index is 3380. The van der Waals surface area contributed by atoms with Crippen LogP contribution in [-0.2, 0) is 80.1 Å². The second-order valence-electron chi connectivity index (χ2n) is 23.7. The predicted octanol–water partition coefficient (Wildman–Crippen LogP) is -3.91. The van der Waals surface area contributed by atoms with Crippen LogP contribution >= 0.6 is 11.8 Å². The molecule has 12 atom stereocenters. The molecular weight excluding hydrogens is 1230 g/mol. The number of aliphatic hydroxyl groups is 3. The number of benzene rings is 2. The van der Waals surface area contributed by atoms with Gasteiger partial charge in [0.25, 0.3) is 11.8 Å². The summed E-state index contributed by atoms with van der Waals surface area (Å²) in [5, 5.41) is 61.5. The first-order valence-electron chi connectivity index (χ1n) is 30.5. The van der Waals surface area contributed by atoms with Gasteiger partial charge in [0.05, 0.1) is 43.4 Å². The van der Waals surface area contributed by atoms with Gasteiger partial charge in [0.1, 0.15) is 48.3 Å². The lowest BCUT2D eigenvalue weighted by atomic mass is 9.93. The number of fused-ring (bicyclic) bond motifs is 5. The maximum atomic E-state index is 15.0. The van der Waals surface area contributed by atoms with E-state index in [9.17, 15) is 77.6 Å². The Balaban J connectivity index is 1.14. The van der Waals surface area contributed by atoms with E-state index < -0.39 is 200 Å². The van der Waals surface area contributed by atoms with Crippen LogP contribution in [0.4, 0.5) is 5.69 Å². The van der Waals surface area contributed by atoms with E-state index in [1.165, 1.54) is 26.0 Å². The third kappa shape index (κ3) is 18.7. The Kier molecular flexibility index (Phi) is 24.7. The molecule has 0 aliphatic carbocycles. The normalized spacial score (nSPS) is 23.7. The first-order valence-corrected chi connectivity index (χ1v) is 31.5. The fourth-order valence-corrected chi connectivity index (χ4v) is 11.9. The second kappa shape index (κ2) is 32.3. The largest absolute Gasteiger partial charge is 0.394 e. The minimum Gasteiger partial charge on any atom is -0.394 e. The Morgan fingerprint density at radius 3 is 2.05 bits per heavy atom. The highest BCUT2D eigenvalue weighted by atomic mass is 32.2. The smallest absolute Gasteiger partial charge is 0.253 e. The number of anilines is 1. The van der Waals surface area contributed by atoms with Crippen LogP contribution in [-0.4, -0.2) is 212 Å². The molecule has 0 radical (unpaired) electrons. The number of aliphatic hydroxyl groups excluding tert-OH is 3. The number of nitrogens with zero attached hydrogens (tertiary/aromatic N) is 2. The summed E-state index contributed by atoms with van der Waals surface area (Å²) in [6, 6.07) is 1.18. The first kappa shape index (κ1) is 71.2. The summed E-state index contributed by atoms with van der Waals surface area (Å²) in [6.07, 6.45) is -2.30. The van der Waals surface area contributed by atoms with Crippen LogP contribution in [0.15, 0.2) is 65.7 Å². The van der Waals surface area contributed by atoms with Crippen molar-refractivity contribution in [2.75, 3.05) is 43.9 Å². The fourth-order valence-electron chi connectivity index (χ4n) is 10.7. The second-order valence-corrected chi connectivity index (χ2v) is 24.7. The molecule has 5 heterocycles. The average Bonchev–Trinajstić information content (AvgIpc) is 1.70. The number of imide groups is 1. The monoisotopic (exact) mass is 1310 g/mol. The lowest BCUT2D eigenvalue weighted by Gasteiger charge is -2.33. The van der Waals surface area contributed by atoms with Crippen molar-refractivity contribution in [3.63, 3.8) is 0 Å². The van der Waals surface area contributed by atoms with Gasteiger partial charge in [0, 0.05) is 79.3 Å². The topological polar surface area (TPSA) is 454 Å². The zero-order valence-electron chi connectivity index (χ0n) is 52.1. The zero-order valence-corrected chi connectivity index (χ0v) is 52.9. The molecule has 4 aliphatic rings. The molecule has 93 heavy (non-hydrogen) atoms. The van der Waals surface area contributed by atoms with E-state index >= 15 is 4.79 Å². The third-order valence-corrected chi connectivity index (χ3v) is 17.6. The molecule has 14 amide bonds. The van der Waals surface area contributed by atoms with Gasteiger partial charge in [-0.1, -0.05) is 71.4 Å².